The summed E-state index contributed by atoms with van der Waals surface area (Å²) in [5.74, 6) is 1.24. The highest BCUT2D eigenvalue weighted by molar-refractivity contribution is 5.83. The van der Waals surface area contributed by atoms with Gasteiger partial charge in [-0.25, -0.2) is 0 Å². The van der Waals surface area contributed by atoms with Gasteiger partial charge < -0.3 is 5.32 Å². The van der Waals surface area contributed by atoms with E-state index in [-0.39, 0.29) is 0 Å². The van der Waals surface area contributed by atoms with Gasteiger partial charge in [0.25, 0.3) is 0 Å². The fourth-order valence-corrected chi connectivity index (χ4v) is 2.46. The van der Waals surface area contributed by atoms with E-state index in [1.54, 1.807) is 0 Å². The summed E-state index contributed by atoms with van der Waals surface area (Å²) < 4.78 is 0. The van der Waals surface area contributed by atoms with E-state index >= 15 is 0 Å². The van der Waals surface area contributed by atoms with Crippen molar-refractivity contribution in [2.75, 3.05) is 26.2 Å². The van der Waals surface area contributed by atoms with E-state index < -0.39 is 0 Å². The van der Waals surface area contributed by atoms with E-state index in [2.05, 4.69) is 22.1 Å². The molecule has 1 atom stereocenters. The molecule has 0 aromatic heterocycles. The fourth-order valence-electron chi connectivity index (χ4n) is 2.46. The van der Waals surface area contributed by atoms with Crippen LogP contribution in [-0.2, 0) is 0 Å². The third-order valence-electron chi connectivity index (χ3n) is 3.32. The van der Waals surface area contributed by atoms with Crippen molar-refractivity contribution in [1.29, 1.82) is 0 Å². The highest BCUT2D eigenvalue weighted by Crippen LogP contribution is 2.15. The minimum absolute atomic E-state index is 0.753. The average molecular weight is 195 g/mol. The monoisotopic (exact) mass is 195 g/mol. The molecule has 1 unspecified atom stereocenters. The van der Waals surface area contributed by atoms with Crippen LogP contribution in [0.5, 0.6) is 0 Å². The van der Waals surface area contributed by atoms with Crippen molar-refractivity contribution < 1.29 is 0 Å². The zero-order valence-corrected chi connectivity index (χ0v) is 9.13. The number of aliphatic imine (C=N–C) groups is 1. The van der Waals surface area contributed by atoms with Crippen molar-refractivity contribution in [3.8, 4) is 0 Å². The Balaban J connectivity index is 1.74. The molecule has 0 amide bonds. The molecule has 1 saturated heterocycles. The predicted molar refractivity (Wildman–Crippen MR) is 59.8 cm³/mol. The Morgan fingerprint density at radius 2 is 2.43 bits per heavy atom. The first kappa shape index (κ1) is 9.97. The maximum Gasteiger partial charge on any atom is 0.0964 e. The third kappa shape index (κ3) is 2.27. The maximum absolute atomic E-state index is 4.43. The van der Waals surface area contributed by atoms with Gasteiger partial charge in [0, 0.05) is 25.6 Å². The lowest BCUT2D eigenvalue weighted by atomic mass is 10.2. The maximum atomic E-state index is 4.43. The van der Waals surface area contributed by atoms with Gasteiger partial charge >= 0.3 is 0 Å². The topological polar surface area (TPSA) is 27.6 Å². The minimum Gasteiger partial charge on any atom is -0.372 e. The lowest BCUT2D eigenvalue weighted by Gasteiger charge is -2.23. The molecule has 0 aromatic carbocycles. The zero-order valence-electron chi connectivity index (χ0n) is 9.13. The number of nitrogens with one attached hydrogen (secondary N) is 1. The van der Waals surface area contributed by atoms with Crippen molar-refractivity contribution in [2.45, 2.75) is 38.6 Å². The quantitative estimate of drug-likeness (QED) is 0.734. The zero-order chi connectivity index (χ0) is 9.80. The smallest absolute Gasteiger partial charge is 0.0964 e. The summed E-state index contributed by atoms with van der Waals surface area (Å²) in [5, 5.41) is 3.50. The molecule has 2 heterocycles. The fraction of sp³-hybridized carbons (Fsp3) is 0.909. The largest absolute Gasteiger partial charge is 0.372 e. The first-order chi connectivity index (χ1) is 6.90. The Hall–Kier alpha value is -0.570. The van der Waals surface area contributed by atoms with Gasteiger partial charge in [-0.3, -0.25) is 9.89 Å². The first-order valence-corrected chi connectivity index (χ1v) is 5.91. The van der Waals surface area contributed by atoms with Gasteiger partial charge in [-0.15, -0.1) is 0 Å². The molecule has 0 radical (unpaired) electrons. The van der Waals surface area contributed by atoms with Crippen LogP contribution in [0, 0.1) is 0 Å². The SMILES string of the molecule is CCN1CCCC1CNC1=NCCC1. The number of amidine groups is 1. The average Bonchev–Trinajstić information content (AvgIpc) is 2.85. The van der Waals surface area contributed by atoms with Crippen LogP contribution in [0.4, 0.5) is 0 Å². The molecule has 1 fully saturated rings. The van der Waals surface area contributed by atoms with E-state index in [1.807, 2.05) is 0 Å². The van der Waals surface area contributed by atoms with Gasteiger partial charge in [0.15, 0.2) is 0 Å². The van der Waals surface area contributed by atoms with E-state index in [9.17, 15) is 0 Å². The first-order valence-electron chi connectivity index (χ1n) is 5.91. The molecular formula is C11H21N3. The van der Waals surface area contributed by atoms with E-state index in [0.29, 0.717) is 0 Å². The molecule has 1 N–H and O–H groups in total. The highest BCUT2D eigenvalue weighted by atomic mass is 15.2. The highest BCUT2D eigenvalue weighted by Gasteiger charge is 2.22. The van der Waals surface area contributed by atoms with Gasteiger partial charge in [-0.1, -0.05) is 6.92 Å². The molecule has 0 spiro atoms. The number of nitrogens with zero attached hydrogens (tertiary/aromatic N) is 2. The van der Waals surface area contributed by atoms with Crippen LogP contribution >= 0.6 is 0 Å². The summed E-state index contributed by atoms with van der Waals surface area (Å²) in [6.45, 7) is 6.87. The molecule has 2 aliphatic rings. The summed E-state index contributed by atoms with van der Waals surface area (Å²) in [6.07, 6.45) is 5.13. The summed E-state index contributed by atoms with van der Waals surface area (Å²) in [7, 11) is 0. The molecule has 3 heteroatoms. The second-order valence-electron chi connectivity index (χ2n) is 4.24. The van der Waals surface area contributed by atoms with E-state index in [0.717, 1.165) is 19.1 Å². The summed E-state index contributed by atoms with van der Waals surface area (Å²) in [5.41, 5.74) is 0. The van der Waals surface area contributed by atoms with Gasteiger partial charge in [-0.2, -0.15) is 0 Å². The van der Waals surface area contributed by atoms with Crippen molar-refractivity contribution in [3.05, 3.63) is 0 Å². The molecule has 2 aliphatic heterocycles. The Kier molecular flexibility index (Phi) is 3.40. The second-order valence-corrected chi connectivity index (χ2v) is 4.24. The third-order valence-corrected chi connectivity index (χ3v) is 3.32. The Bertz CT molecular complexity index is 213. The molecule has 14 heavy (non-hydrogen) atoms. The van der Waals surface area contributed by atoms with E-state index in [1.165, 1.54) is 44.6 Å². The van der Waals surface area contributed by atoms with Gasteiger partial charge in [0.05, 0.1) is 5.84 Å². The standard InChI is InChI=1S/C11H21N3/c1-2-14-8-4-5-10(14)9-13-11-6-3-7-12-11/h10H,2-9H2,1H3,(H,12,13). The number of likely N-dealkylation sites (N-methyl/N-ethyl adjacent to an activating group) is 1. The normalized spacial score (nSPS) is 28.1. The second kappa shape index (κ2) is 4.78. The van der Waals surface area contributed by atoms with Crippen molar-refractivity contribution in [2.24, 2.45) is 4.99 Å². The molecule has 0 saturated carbocycles. The molecule has 0 bridgehead atoms. The molecule has 2 rings (SSSR count). The van der Waals surface area contributed by atoms with E-state index in [4.69, 9.17) is 0 Å². The number of hydrogen-bond acceptors (Lipinski definition) is 3. The van der Waals surface area contributed by atoms with Crippen LogP contribution in [-0.4, -0.2) is 43.0 Å². The number of hydrogen-bond donors (Lipinski definition) is 1. The van der Waals surface area contributed by atoms with Gasteiger partial charge in [0.1, 0.15) is 0 Å². The van der Waals surface area contributed by atoms with Crippen molar-refractivity contribution in [3.63, 3.8) is 0 Å². The van der Waals surface area contributed by atoms with Crippen LogP contribution in [0.2, 0.25) is 0 Å². The predicted octanol–water partition coefficient (Wildman–Crippen LogP) is 1.25. The Morgan fingerprint density at radius 3 is 3.14 bits per heavy atom. The number of rotatable bonds is 3. The molecule has 80 valence electrons. The van der Waals surface area contributed by atoms with Crippen LogP contribution in [0.3, 0.4) is 0 Å². The minimum atomic E-state index is 0.753. The lowest BCUT2D eigenvalue weighted by molar-refractivity contribution is 0.267. The molecular weight excluding hydrogens is 174 g/mol. The van der Waals surface area contributed by atoms with Crippen LogP contribution in [0.1, 0.15) is 32.6 Å². The van der Waals surface area contributed by atoms with Crippen LogP contribution in [0.25, 0.3) is 0 Å². The van der Waals surface area contributed by atoms with Crippen molar-refractivity contribution >= 4 is 5.84 Å². The summed E-state index contributed by atoms with van der Waals surface area (Å²) in [4.78, 5) is 7.01. The van der Waals surface area contributed by atoms with Crippen LogP contribution < -0.4 is 5.32 Å². The lowest BCUT2D eigenvalue weighted by Crippen LogP contribution is -2.39. The Labute approximate surface area is 86.6 Å². The van der Waals surface area contributed by atoms with Crippen molar-refractivity contribution in [1.82, 2.24) is 10.2 Å². The van der Waals surface area contributed by atoms with Gasteiger partial charge in [-0.05, 0) is 32.4 Å². The summed E-state index contributed by atoms with van der Waals surface area (Å²) in [6, 6.07) is 0.753. The van der Waals surface area contributed by atoms with Gasteiger partial charge in [0.2, 0.25) is 0 Å². The van der Waals surface area contributed by atoms with Crippen LogP contribution in [0.15, 0.2) is 4.99 Å². The number of likely N-dealkylation sites (tertiary alicyclic amines) is 1. The molecule has 0 aromatic rings. The Morgan fingerprint density at radius 1 is 1.50 bits per heavy atom. The summed E-state index contributed by atoms with van der Waals surface area (Å²) >= 11 is 0. The molecule has 3 nitrogen and oxygen atoms in total. The molecule has 0 aliphatic carbocycles.